The van der Waals surface area contributed by atoms with Crippen molar-refractivity contribution < 1.29 is 4.79 Å². The topological polar surface area (TPSA) is 71.2 Å². The lowest BCUT2D eigenvalue weighted by atomic mass is 10.1. The second kappa shape index (κ2) is 5.52. The van der Waals surface area contributed by atoms with Crippen LogP contribution in [0.3, 0.4) is 0 Å². The van der Waals surface area contributed by atoms with Crippen molar-refractivity contribution in [1.29, 1.82) is 0 Å². The lowest BCUT2D eigenvalue weighted by Crippen LogP contribution is -2.55. The molecule has 2 heterocycles. The van der Waals surface area contributed by atoms with Crippen molar-refractivity contribution in [1.82, 2.24) is 10.3 Å². The van der Waals surface area contributed by atoms with Gasteiger partial charge < -0.3 is 16.0 Å². The molecule has 0 aromatic carbocycles. The van der Waals surface area contributed by atoms with Gasteiger partial charge in [0.25, 0.3) is 0 Å². The molecular formula is C13H18N4OS. The third-order valence-electron chi connectivity index (χ3n) is 3.27. The highest BCUT2D eigenvalue weighted by Gasteiger charge is 2.30. The Kier molecular flexibility index (Phi) is 3.99. The molecule has 1 aromatic heterocycles. The molecule has 1 aliphatic rings. The summed E-state index contributed by atoms with van der Waals surface area (Å²) in [7, 11) is 0. The molecule has 5 nitrogen and oxygen atoms in total. The number of aromatic nitrogens is 1. The maximum atomic E-state index is 11.9. The van der Waals surface area contributed by atoms with E-state index in [2.05, 4.69) is 10.3 Å². The average molecular weight is 278 g/mol. The van der Waals surface area contributed by atoms with Crippen LogP contribution in [0.4, 0.5) is 5.82 Å². The first-order valence-electron chi connectivity index (χ1n) is 6.36. The smallest absolute Gasteiger partial charge is 0.242 e. The first-order chi connectivity index (χ1) is 9.04. The number of aryl methyl sites for hydroxylation is 1. The van der Waals surface area contributed by atoms with Gasteiger partial charge in [-0.25, -0.2) is 4.98 Å². The zero-order valence-electron chi connectivity index (χ0n) is 11.1. The SMILES string of the molecule is CCC1C(=O)NCCN1c1nc(C)ccc1C(N)=S. The van der Waals surface area contributed by atoms with Gasteiger partial charge >= 0.3 is 0 Å². The van der Waals surface area contributed by atoms with Gasteiger partial charge in [0, 0.05) is 18.8 Å². The molecule has 1 atom stereocenters. The van der Waals surface area contributed by atoms with Gasteiger partial charge in [-0.3, -0.25) is 4.79 Å². The molecule has 1 aromatic rings. The number of piperazine rings is 1. The first-order valence-corrected chi connectivity index (χ1v) is 6.77. The van der Waals surface area contributed by atoms with E-state index in [1.807, 2.05) is 30.9 Å². The van der Waals surface area contributed by atoms with E-state index in [9.17, 15) is 4.79 Å². The van der Waals surface area contributed by atoms with Crippen LogP contribution in [-0.2, 0) is 4.79 Å². The monoisotopic (exact) mass is 278 g/mol. The van der Waals surface area contributed by atoms with Crippen LogP contribution in [0.25, 0.3) is 0 Å². The molecule has 1 fully saturated rings. The number of rotatable bonds is 3. The zero-order valence-corrected chi connectivity index (χ0v) is 12.0. The van der Waals surface area contributed by atoms with Crippen LogP contribution >= 0.6 is 12.2 Å². The number of nitrogens with zero attached hydrogens (tertiary/aromatic N) is 2. The number of carbonyl (C=O) groups excluding carboxylic acids is 1. The van der Waals surface area contributed by atoms with E-state index in [0.29, 0.717) is 17.4 Å². The second-order valence-corrected chi connectivity index (χ2v) is 5.04. The molecule has 0 spiro atoms. The molecule has 1 amide bonds. The first kappa shape index (κ1) is 13.7. The van der Waals surface area contributed by atoms with Gasteiger partial charge in [-0.1, -0.05) is 19.1 Å². The Labute approximate surface area is 118 Å². The Morgan fingerprint density at radius 2 is 2.37 bits per heavy atom. The average Bonchev–Trinajstić information content (AvgIpc) is 2.37. The van der Waals surface area contributed by atoms with Crippen LogP contribution in [0.2, 0.25) is 0 Å². The minimum absolute atomic E-state index is 0.0333. The van der Waals surface area contributed by atoms with E-state index < -0.39 is 0 Å². The maximum absolute atomic E-state index is 11.9. The second-order valence-electron chi connectivity index (χ2n) is 4.60. The van der Waals surface area contributed by atoms with Crippen LogP contribution < -0.4 is 16.0 Å². The molecule has 0 saturated carbocycles. The van der Waals surface area contributed by atoms with Gasteiger partial charge in [-0.2, -0.15) is 0 Å². The largest absolute Gasteiger partial charge is 0.389 e. The summed E-state index contributed by atoms with van der Waals surface area (Å²) in [6.07, 6.45) is 0.720. The molecule has 1 saturated heterocycles. The van der Waals surface area contributed by atoms with Crippen LogP contribution in [0.1, 0.15) is 24.6 Å². The zero-order chi connectivity index (χ0) is 14.0. The predicted octanol–water partition coefficient (Wildman–Crippen LogP) is 0.739. The van der Waals surface area contributed by atoms with Crippen molar-refractivity contribution in [2.45, 2.75) is 26.3 Å². The van der Waals surface area contributed by atoms with Gasteiger partial charge in [-0.05, 0) is 25.5 Å². The Morgan fingerprint density at radius 3 is 3.00 bits per heavy atom. The van der Waals surface area contributed by atoms with Gasteiger partial charge in [0.15, 0.2) is 0 Å². The van der Waals surface area contributed by atoms with Crippen LogP contribution in [-0.4, -0.2) is 35.0 Å². The number of hydrogen-bond donors (Lipinski definition) is 2. The maximum Gasteiger partial charge on any atom is 0.242 e. The highest BCUT2D eigenvalue weighted by Crippen LogP contribution is 2.23. The third kappa shape index (κ3) is 2.68. The van der Waals surface area contributed by atoms with E-state index >= 15 is 0 Å². The van der Waals surface area contributed by atoms with E-state index in [-0.39, 0.29) is 11.9 Å². The molecule has 102 valence electrons. The van der Waals surface area contributed by atoms with Crippen LogP contribution in [0.15, 0.2) is 12.1 Å². The predicted molar refractivity (Wildman–Crippen MR) is 79.3 cm³/mol. The standard InChI is InChI=1S/C13H18N4OS/c1-3-10-13(18)15-6-7-17(10)12-9(11(14)19)5-4-8(2)16-12/h4-5,10H,3,6-7H2,1-2H3,(H2,14,19)(H,15,18). The molecule has 3 N–H and O–H groups in total. The van der Waals surface area contributed by atoms with Crippen molar-refractivity contribution in [3.8, 4) is 0 Å². The number of thiocarbonyl (C=S) groups is 1. The number of pyridine rings is 1. The summed E-state index contributed by atoms with van der Waals surface area (Å²) < 4.78 is 0. The normalized spacial score (nSPS) is 19.2. The minimum atomic E-state index is -0.212. The summed E-state index contributed by atoms with van der Waals surface area (Å²) in [5.74, 6) is 0.750. The van der Waals surface area contributed by atoms with E-state index in [0.717, 1.165) is 24.2 Å². The summed E-state index contributed by atoms with van der Waals surface area (Å²) in [5, 5.41) is 2.87. The summed E-state index contributed by atoms with van der Waals surface area (Å²) in [4.78, 5) is 18.8. The third-order valence-corrected chi connectivity index (χ3v) is 3.49. The fourth-order valence-electron chi connectivity index (χ4n) is 2.33. The highest BCUT2D eigenvalue weighted by molar-refractivity contribution is 7.80. The molecule has 0 bridgehead atoms. The molecule has 1 aliphatic heterocycles. The summed E-state index contributed by atoms with van der Waals surface area (Å²) >= 11 is 5.08. The molecule has 0 aliphatic carbocycles. The molecule has 6 heteroatoms. The summed E-state index contributed by atoms with van der Waals surface area (Å²) in [6.45, 7) is 5.23. The number of hydrogen-bond acceptors (Lipinski definition) is 4. The fourth-order valence-corrected chi connectivity index (χ4v) is 2.49. The van der Waals surface area contributed by atoms with Gasteiger partial charge in [0.05, 0.1) is 5.56 Å². The van der Waals surface area contributed by atoms with Crippen LogP contribution in [0.5, 0.6) is 0 Å². The van der Waals surface area contributed by atoms with Crippen LogP contribution in [0, 0.1) is 6.92 Å². The lowest BCUT2D eigenvalue weighted by Gasteiger charge is -2.36. The number of nitrogens with two attached hydrogens (primary N) is 1. The van der Waals surface area contributed by atoms with E-state index in [1.165, 1.54) is 0 Å². The van der Waals surface area contributed by atoms with Crippen molar-refractivity contribution in [2.24, 2.45) is 5.73 Å². The quantitative estimate of drug-likeness (QED) is 0.798. The molecule has 0 radical (unpaired) electrons. The van der Waals surface area contributed by atoms with Crippen molar-refractivity contribution in [3.05, 3.63) is 23.4 Å². The highest BCUT2D eigenvalue weighted by atomic mass is 32.1. The minimum Gasteiger partial charge on any atom is -0.389 e. The summed E-state index contributed by atoms with van der Waals surface area (Å²) in [5.41, 5.74) is 7.37. The number of carbonyl (C=O) groups is 1. The Hall–Kier alpha value is -1.69. The van der Waals surface area contributed by atoms with Crippen molar-refractivity contribution >= 4 is 28.9 Å². The fraction of sp³-hybridized carbons (Fsp3) is 0.462. The Balaban J connectivity index is 2.46. The lowest BCUT2D eigenvalue weighted by molar-refractivity contribution is -0.123. The van der Waals surface area contributed by atoms with E-state index in [4.69, 9.17) is 18.0 Å². The molecular weight excluding hydrogens is 260 g/mol. The number of amides is 1. The Morgan fingerprint density at radius 1 is 1.63 bits per heavy atom. The van der Waals surface area contributed by atoms with Gasteiger partial charge in [0.1, 0.15) is 16.8 Å². The van der Waals surface area contributed by atoms with Crippen molar-refractivity contribution in [2.75, 3.05) is 18.0 Å². The number of anilines is 1. The molecule has 1 unspecified atom stereocenters. The summed E-state index contributed by atoms with van der Waals surface area (Å²) in [6, 6.07) is 3.54. The van der Waals surface area contributed by atoms with Gasteiger partial charge in [0.2, 0.25) is 5.91 Å². The number of nitrogens with one attached hydrogen (secondary N) is 1. The molecule has 2 rings (SSSR count). The van der Waals surface area contributed by atoms with Crippen molar-refractivity contribution in [3.63, 3.8) is 0 Å². The molecule has 19 heavy (non-hydrogen) atoms. The van der Waals surface area contributed by atoms with Gasteiger partial charge in [-0.15, -0.1) is 0 Å². The van der Waals surface area contributed by atoms with E-state index in [1.54, 1.807) is 0 Å². The Bertz CT molecular complexity index is 517.